The maximum absolute atomic E-state index is 13.5. The lowest BCUT2D eigenvalue weighted by Crippen LogP contribution is -2.41. The molecule has 0 unspecified atom stereocenters. The van der Waals surface area contributed by atoms with E-state index in [2.05, 4.69) is 5.32 Å². The van der Waals surface area contributed by atoms with E-state index in [-0.39, 0.29) is 23.1 Å². The molecule has 0 saturated carbocycles. The standard InChI is InChI=1S/C25H28N2O5S/c1-19(20-10-6-4-7-11-20)17-26-25(28)18-27(21-12-8-5-9-13-21)33(29,30)22-14-15-23(31-2)24(16-22)32-3/h4-16,19H,17-18H2,1-3H3,(H,26,28)/t19-/m1/s1. The van der Waals surface area contributed by atoms with E-state index in [1.807, 2.05) is 37.3 Å². The largest absolute Gasteiger partial charge is 0.493 e. The summed E-state index contributed by atoms with van der Waals surface area (Å²) in [5, 5.41) is 2.86. The Hall–Kier alpha value is -3.52. The zero-order chi connectivity index (χ0) is 23.8. The maximum atomic E-state index is 13.5. The van der Waals surface area contributed by atoms with Crippen molar-refractivity contribution in [3.05, 3.63) is 84.4 Å². The highest BCUT2D eigenvalue weighted by atomic mass is 32.2. The highest BCUT2D eigenvalue weighted by molar-refractivity contribution is 7.92. The average Bonchev–Trinajstić information content (AvgIpc) is 2.86. The Balaban J connectivity index is 1.84. The Morgan fingerprint density at radius 1 is 0.909 bits per heavy atom. The van der Waals surface area contributed by atoms with Crippen LogP contribution < -0.4 is 19.1 Å². The molecule has 1 N–H and O–H groups in total. The number of ether oxygens (including phenoxy) is 2. The minimum Gasteiger partial charge on any atom is -0.493 e. The molecule has 0 aliphatic heterocycles. The number of hydrogen-bond acceptors (Lipinski definition) is 5. The van der Waals surface area contributed by atoms with Gasteiger partial charge in [0.15, 0.2) is 11.5 Å². The molecule has 0 heterocycles. The van der Waals surface area contributed by atoms with E-state index in [0.29, 0.717) is 18.0 Å². The topological polar surface area (TPSA) is 84.9 Å². The van der Waals surface area contributed by atoms with Crippen molar-refractivity contribution in [2.45, 2.75) is 17.7 Å². The highest BCUT2D eigenvalue weighted by Crippen LogP contribution is 2.32. The molecule has 0 saturated heterocycles. The molecule has 3 aromatic carbocycles. The number of anilines is 1. The minimum atomic E-state index is -4.06. The van der Waals surface area contributed by atoms with Crippen molar-refractivity contribution in [2.24, 2.45) is 0 Å². The number of hydrogen-bond donors (Lipinski definition) is 1. The van der Waals surface area contributed by atoms with E-state index in [1.165, 1.54) is 32.4 Å². The number of benzene rings is 3. The van der Waals surface area contributed by atoms with Crippen molar-refractivity contribution in [3.63, 3.8) is 0 Å². The van der Waals surface area contributed by atoms with Crippen LogP contribution in [-0.2, 0) is 14.8 Å². The van der Waals surface area contributed by atoms with E-state index in [0.717, 1.165) is 9.87 Å². The number of rotatable bonds is 10. The number of nitrogens with one attached hydrogen (secondary N) is 1. The van der Waals surface area contributed by atoms with Crippen LogP contribution in [0.3, 0.4) is 0 Å². The van der Waals surface area contributed by atoms with Gasteiger partial charge < -0.3 is 14.8 Å². The van der Waals surface area contributed by atoms with E-state index >= 15 is 0 Å². The molecule has 0 bridgehead atoms. The molecule has 3 rings (SSSR count). The molecule has 0 aliphatic carbocycles. The number of para-hydroxylation sites is 1. The van der Waals surface area contributed by atoms with Gasteiger partial charge in [-0.1, -0.05) is 55.5 Å². The summed E-state index contributed by atoms with van der Waals surface area (Å²) in [6.07, 6.45) is 0. The van der Waals surface area contributed by atoms with Crippen LogP contribution in [0.15, 0.2) is 83.8 Å². The quantitative estimate of drug-likeness (QED) is 0.489. The molecule has 0 spiro atoms. The van der Waals surface area contributed by atoms with Crippen LogP contribution in [-0.4, -0.2) is 41.6 Å². The Morgan fingerprint density at radius 3 is 2.12 bits per heavy atom. The number of nitrogens with zero attached hydrogens (tertiary/aromatic N) is 1. The van der Waals surface area contributed by atoms with E-state index in [4.69, 9.17) is 9.47 Å². The molecule has 174 valence electrons. The second-order valence-electron chi connectivity index (χ2n) is 7.48. The summed E-state index contributed by atoms with van der Waals surface area (Å²) in [7, 11) is -1.15. The van der Waals surface area contributed by atoms with Crippen molar-refractivity contribution in [1.82, 2.24) is 5.32 Å². The monoisotopic (exact) mass is 468 g/mol. The van der Waals surface area contributed by atoms with E-state index < -0.39 is 15.9 Å². The summed E-state index contributed by atoms with van der Waals surface area (Å²) >= 11 is 0. The zero-order valence-electron chi connectivity index (χ0n) is 18.9. The van der Waals surface area contributed by atoms with Gasteiger partial charge in [0.05, 0.1) is 24.8 Å². The summed E-state index contributed by atoms with van der Waals surface area (Å²) in [5.41, 5.74) is 1.48. The average molecular weight is 469 g/mol. The van der Waals surface area contributed by atoms with Crippen LogP contribution in [0.2, 0.25) is 0 Å². The Bertz CT molecular complexity index is 1170. The highest BCUT2D eigenvalue weighted by Gasteiger charge is 2.28. The third kappa shape index (κ3) is 5.84. The first-order valence-electron chi connectivity index (χ1n) is 10.5. The second-order valence-corrected chi connectivity index (χ2v) is 9.34. The number of methoxy groups -OCH3 is 2. The van der Waals surface area contributed by atoms with Crippen LogP contribution >= 0.6 is 0 Å². The minimum absolute atomic E-state index is 0.00513. The van der Waals surface area contributed by atoms with E-state index in [9.17, 15) is 13.2 Å². The number of carbonyl (C=O) groups is 1. The fourth-order valence-corrected chi connectivity index (χ4v) is 4.80. The molecule has 0 fully saturated rings. The molecular formula is C25H28N2O5S. The Morgan fingerprint density at radius 2 is 1.52 bits per heavy atom. The molecule has 0 aliphatic rings. The number of sulfonamides is 1. The molecule has 33 heavy (non-hydrogen) atoms. The molecule has 8 heteroatoms. The van der Waals surface area contributed by atoms with Gasteiger partial charge in [-0.25, -0.2) is 8.42 Å². The van der Waals surface area contributed by atoms with Gasteiger partial charge in [-0.3, -0.25) is 9.10 Å². The third-order valence-electron chi connectivity index (χ3n) is 5.25. The van der Waals surface area contributed by atoms with E-state index in [1.54, 1.807) is 30.3 Å². The molecule has 1 atom stereocenters. The molecular weight excluding hydrogens is 440 g/mol. The third-order valence-corrected chi connectivity index (χ3v) is 7.02. The number of carbonyl (C=O) groups excluding carboxylic acids is 1. The molecule has 0 radical (unpaired) electrons. The van der Waals surface area contributed by atoms with Gasteiger partial charge >= 0.3 is 0 Å². The molecule has 7 nitrogen and oxygen atoms in total. The molecule has 3 aromatic rings. The number of amides is 1. The fourth-order valence-electron chi connectivity index (χ4n) is 3.37. The summed E-state index contributed by atoms with van der Waals surface area (Å²) in [6, 6.07) is 22.7. The molecule has 0 aromatic heterocycles. The van der Waals surface area contributed by atoms with Gasteiger partial charge in [0.25, 0.3) is 10.0 Å². The summed E-state index contributed by atoms with van der Waals surface area (Å²) < 4.78 is 38.6. The second kappa shape index (κ2) is 10.9. The van der Waals surface area contributed by atoms with Crippen molar-refractivity contribution >= 4 is 21.6 Å². The van der Waals surface area contributed by atoms with Gasteiger partial charge in [-0.15, -0.1) is 0 Å². The first kappa shape index (κ1) is 24.1. The van der Waals surface area contributed by atoms with Crippen molar-refractivity contribution in [1.29, 1.82) is 0 Å². The Kier molecular flexibility index (Phi) is 7.95. The zero-order valence-corrected chi connectivity index (χ0v) is 19.7. The fraction of sp³-hybridized carbons (Fsp3) is 0.240. The van der Waals surface area contributed by atoms with Crippen LogP contribution in [0, 0.1) is 0 Å². The predicted octanol–water partition coefficient (Wildman–Crippen LogP) is 3.82. The van der Waals surface area contributed by atoms with Gasteiger partial charge in [0.2, 0.25) is 5.91 Å². The van der Waals surface area contributed by atoms with Crippen LogP contribution in [0.1, 0.15) is 18.4 Å². The van der Waals surface area contributed by atoms with Crippen LogP contribution in [0.5, 0.6) is 11.5 Å². The lowest BCUT2D eigenvalue weighted by atomic mass is 10.0. The van der Waals surface area contributed by atoms with Gasteiger partial charge in [-0.2, -0.15) is 0 Å². The van der Waals surface area contributed by atoms with Crippen LogP contribution in [0.25, 0.3) is 0 Å². The summed E-state index contributed by atoms with van der Waals surface area (Å²) in [5.74, 6) is 0.386. The summed E-state index contributed by atoms with van der Waals surface area (Å²) in [4.78, 5) is 12.8. The Labute approximate surface area is 195 Å². The predicted molar refractivity (Wildman–Crippen MR) is 128 cm³/mol. The lowest BCUT2D eigenvalue weighted by Gasteiger charge is -2.25. The van der Waals surface area contributed by atoms with Gasteiger partial charge in [0, 0.05) is 12.6 Å². The SMILES string of the molecule is COc1ccc(S(=O)(=O)N(CC(=O)NC[C@@H](C)c2ccccc2)c2ccccc2)cc1OC. The van der Waals surface area contributed by atoms with Crippen molar-refractivity contribution in [2.75, 3.05) is 31.6 Å². The van der Waals surface area contributed by atoms with Gasteiger partial charge in [-0.05, 0) is 35.7 Å². The first-order chi connectivity index (χ1) is 15.9. The van der Waals surface area contributed by atoms with Crippen LogP contribution in [0.4, 0.5) is 5.69 Å². The maximum Gasteiger partial charge on any atom is 0.264 e. The van der Waals surface area contributed by atoms with Crippen molar-refractivity contribution in [3.8, 4) is 11.5 Å². The first-order valence-corrected chi connectivity index (χ1v) is 11.9. The lowest BCUT2D eigenvalue weighted by molar-refractivity contribution is -0.119. The smallest absolute Gasteiger partial charge is 0.264 e. The summed E-state index contributed by atoms with van der Waals surface area (Å²) in [6.45, 7) is 2.04. The molecule has 1 amide bonds. The normalized spacial score (nSPS) is 12.0. The van der Waals surface area contributed by atoms with Gasteiger partial charge in [0.1, 0.15) is 6.54 Å². The van der Waals surface area contributed by atoms with Crippen molar-refractivity contribution < 1.29 is 22.7 Å².